The minimum Gasteiger partial charge on any atom is -0.493 e. The first-order valence-electron chi connectivity index (χ1n) is 10.7. The van der Waals surface area contributed by atoms with Crippen molar-refractivity contribution >= 4 is 0 Å². The van der Waals surface area contributed by atoms with Gasteiger partial charge >= 0.3 is 0 Å². The van der Waals surface area contributed by atoms with E-state index in [1.54, 1.807) is 14.2 Å². The lowest BCUT2D eigenvalue weighted by Crippen LogP contribution is -2.48. The van der Waals surface area contributed by atoms with E-state index >= 15 is 0 Å². The van der Waals surface area contributed by atoms with Gasteiger partial charge in [0.15, 0.2) is 17.3 Å². The zero-order chi connectivity index (χ0) is 21.6. The molecule has 1 aromatic heterocycles. The van der Waals surface area contributed by atoms with Crippen LogP contribution in [0.25, 0.3) is 0 Å². The van der Waals surface area contributed by atoms with E-state index in [0.29, 0.717) is 18.0 Å². The fraction of sp³-hybridized carbons (Fsp3) is 0.435. The van der Waals surface area contributed by atoms with E-state index in [2.05, 4.69) is 50.4 Å². The van der Waals surface area contributed by atoms with Crippen molar-refractivity contribution in [2.75, 3.05) is 46.9 Å². The molecule has 1 atom stereocenters. The van der Waals surface area contributed by atoms with Gasteiger partial charge in [0.05, 0.1) is 26.8 Å². The summed E-state index contributed by atoms with van der Waals surface area (Å²) in [6, 6.07) is 16.3. The van der Waals surface area contributed by atoms with E-state index in [0.717, 1.165) is 49.7 Å². The Morgan fingerprint density at radius 1 is 0.935 bits per heavy atom. The molecule has 2 heterocycles. The van der Waals surface area contributed by atoms with Crippen LogP contribution in [0.4, 0.5) is 0 Å². The van der Waals surface area contributed by atoms with Crippen LogP contribution in [0.2, 0.25) is 0 Å². The number of methoxy groups -OCH3 is 2. The van der Waals surface area contributed by atoms with Gasteiger partial charge in [0.1, 0.15) is 0 Å². The van der Waals surface area contributed by atoms with Crippen LogP contribution >= 0.6 is 0 Å². The number of ether oxygens (including phenoxy) is 2. The predicted octanol–water partition coefficient (Wildman–Crippen LogP) is 2.47. The van der Waals surface area contributed by atoms with E-state index in [1.807, 2.05) is 35.0 Å². The summed E-state index contributed by atoms with van der Waals surface area (Å²) in [5.41, 5.74) is 2.25. The van der Waals surface area contributed by atoms with Crippen molar-refractivity contribution in [2.24, 2.45) is 0 Å². The maximum atomic E-state index is 5.58. The van der Waals surface area contributed by atoms with E-state index in [1.165, 1.54) is 0 Å². The number of rotatable bonds is 8. The number of aromatic nitrogens is 4. The second kappa shape index (κ2) is 9.89. The van der Waals surface area contributed by atoms with Gasteiger partial charge < -0.3 is 14.4 Å². The number of likely N-dealkylation sites (N-methyl/N-ethyl adjacent to an activating group) is 1. The van der Waals surface area contributed by atoms with Crippen LogP contribution < -0.4 is 9.47 Å². The lowest BCUT2D eigenvalue weighted by Gasteiger charge is -2.38. The molecule has 1 fully saturated rings. The molecule has 164 valence electrons. The Bertz CT molecular complexity index is 969. The van der Waals surface area contributed by atoms with E-state index in [-0.39, 0.29) is 6.04 Å². The first kappa shape index (κ1) is 21.3. The molecule has 3 aromatic rings. The molecule has 0 N–H and O–H groups in total. The zero-order valence-corrected chi connectivity index (χ0v) is 18.4. The molecule has 2 aromatic carbocycles. The van der Waals surface area contributed by atoms with Crippen LogP contribution in [0.1, 0.15) is 29.9 Å². The third-order valence-corrected chi connectivity index (χ3v) is 5.92. The van der Waals surface area contributed by atoms with Crippen LogP contribution in [0, 0.1) is 0 Å². The monoisotopic (exact) mass is 422 g/mol. The van der Waals surface area contributed by atoms with Gasteiger partial charge in [0.2, 0.25) is 0 Å². The number of hydrogen-bond donors (Lipinski definition) is 0. The molecular weight excluding hydrogens is 392 g/mol. The van der Waals surface area contributed by atoms with E-state index in [4.69, 9.17) is 9.47 Å². The highest BCUT2D eigenvalue weighted by molar-refractivity contribution is 5.45. The Labute approximate surface area is 183 Å². The molecule has 8 heteroatoms. The Kier molecular flexibility index (Phi) is 6.79. The SMILES string of the molecule is CCN1CCN([C@@H](c2ccc(OC)c(OC)c2)c2nnnn2Cc2ccccc2)CC1. The summed E-state index contributed by atoms with van der Waals surface area (Å²) in [5, 5.41) is 12.8. The molecule has 31 heavy (non-hydrogen) atoms. The van der Waals surface area contributed by atoms with Crippen LogP contribution in [0.5, 0.6) is 11.5 Å². The molecule has 1 saturated heterocycles. The fourth-order valence-electron chi connectivity index (χ4n) is 4.16. The first-order valence-corrected chi connectivity index (χ1v) is 10.7. The predicted molar refractivity (Wildman–Crippen MR) is 118 cm³/mol. The second-order valence-corrected chi connectivity index (χ2v) is 7.67. The molecule has 0 bridgehead atoms. The molecule has 0 aliphatic carbocycles. The third kappa shape index (κ3) is 4.70. The first-order chi connectivity index (χ1) is 15.2. The van der Waals surface area contributed by atoms with Crippen molar-refractivity contribution in [1.29, 1.82) is 0 Å². The lowest BCUT2D eigenvalue weighted by molar-refractivity contribution is 0.108. The zero-order valence-electron chi connectivity index (χ0n) is 18.4. The number of tetrazole rings is 1. The molecular formula is C23H30N6O2. The Morgan fingerprint density at radius 2 is 1.68 bits per heavy atom. The number of piperazine rings is 1. The largest absolute Gasteiger partial charge is 0.493 e. The van der Waals surface area contributed by atoms with Gasteiger partial charge in [0.25, 0.3) is 0 Å². The molecule has 0 radical (unpaired) electrons. The standard InChI is InChI=1S/C23H30N6O2/c1-4-27-12-14-28(15-13-27)22(19-10-11-20(30-2)21(16-19)31-3)23-24-25-26-29(23)17-18-8-6-5-7-9-18/h5-11,16,22H,4,12-15,17H2,1-3H3/t22-/m0/s1. The van der Waals surface area contributed by atoms with Crippen molar-refractivity contribution in [1.82, 2.24) is 30.0 Å². The summed E-state index contributed by atoms with van der Waals surface area (Å²) in [4.78, 5) is 4.93. The summed E-state index contributed by atoms with van der Waals surface area (Å²) in [6.07, 6.45) is 0. The van der Waals surface area contributed by atoms with Crippen molar-refractivity contribution in [3.8, 4) is 11.5 Å². The molecule has 0 saturated carbocycles. The molecule has 0 spiro atoms. The molecule has 1 aliphatic rings. The topological polar surface area (TPSA) is 68.5 Å². The summed E-state index contributed by atoms with van der Waals surface area (Å²) in [7, 11) is 3.31. The maximum absolute atomic E-state index is 5.58. The number of nitrogens with zero attached hydrogens (tertiary/aromatic N) is 6. The highest BCUT2D eigenvalue weighted by atomic mass is 16.5. The Morgan fingerprint density at radius 3 is 2.35 bits per heavy atom. The van der Waals surface area contributed by atoms with Gasteiger partial charge in [-0.3, -0.25) is 4.90 Å². The average Bonchev–Trinajstić information content (AvgIpc) is 3.27. The van der Waals surface area contributed by atoms with Crippen molar-refractivity contribution in [2.45, 2.75) is 19.5 Å². The normalized spacial score (nSPS) is 16.2. The summed E-state index contributed by atoms with van der Waals surface area (Å²) >= 11 is 0. The van der Waals surface area contributed by atoms with Gasteiger partial charge in [-0.2, -0.15) is 0 Å². The van der Waals surface area contributed by atoms with Crippen molar-refractivity contribution < 1.29 is 9.47 Å². The van der Waals surface area contributed by atoms with Crippen LogP contribution in [0.15, 0.2) is 48.5 Å². The molecule has 4 rings (SSSR count). The number of hydrogen-bond acceptors (Lipinski definition) is 7. The van der Waals surface area contributed by atoms with E-state index in [9.17, 15) is 0 Å². The van der Waals surface area contributed by atoms with Crippen LogP contribution in [-0.4, -0.2) is 77.0 Å². The third-order valence-electron chi connectivity index (χ3n) is 5.92. The summed E-state index contributed by atoms with van der Waals surface area (Å²) in [6.45, 7) is 7.86. The number of benzene rings is 2. The smallest absolute Gasteiger partial charge is 0.173 e. The summed E-state index contributed by atoms with van der Waals surface area (Å²) < 4.78 is 12.9. The molecule has 1 aliphatic heterocycles. The lowest BCUT2D eigenvalue weighted by atomic mass is 10.0. The quantitative estimate of drug-likeness (QED) is 0.552. The molecule has 0 unspecified atom stereocenters. The highest BCUT2D eigenvalue weighted by Gasteiger charge is 2.31. The summed E-state index contributed by atoms with van der Waals surface area (Å²) in [5.74, 6) is 2.25. The van der Waals surface area contributed by atoms with Gasteiger partial charge in [-0.05, 0) is 40.2 Å². The molecule has 8 nitrogen and oxygen atoms in total. The van der Waals surface area contributed by atoms with Crippen LogP contribution in [-0.2, 0) is 6.54 Å². The fourth-order valence-corrected chi connectivity index (χ4v) is 4.16. The van der Waals surface area contributed by atoms with E-state index < -0.39 is 0 Å². The average molecular weight is 423 g/mol. The van der Waals surface area contributed by atoms with Crippen molar-refractivity contribution in [3.63, 3.8) is 0 Å². The van der Waals surface area contributed by atoms with Gasteiger partial charge in [0, 0.05) is 26.2 Å². The minimum absolute atomic E-state index is 0.0717. The highest BCUT2D eigenvalue weighted by Crippen LogP contribution is 2.35. The van der Waals surface area contributed by atoms with Gasteiger partial charge in [-0.25, -0.2) is 4.68 Å². The second-order valence-electron chi connectivity index (χ2n) is 7.67. The maximum Gasteiger partial charge on any atom is 0.173 e. The Balaban J connectivity index is 1.71. The Hall–Kier alpha value is -2.97. The van der Waals surface area contributed by atoms with Crippen LogP contribution in [0.3, 0.4) is 0 Å². The molecule has 0 amide bonds. The van der Waals surface area contributed by atoms with Gasteiger partial charge in [-0.15, -0.1) is 5.10 Å². The van der Waals surface area contributed by atoms with Crippen molar-refractivity contribution in [3.05, 3.63) is 65.5 Å². The minimum atomic E-state index is -0.0717. The van der Waals surface area contributed by atoms with Gasteiger partial charge in [-0.1, -0.05) is 43.3 Å².